The van der Waals surface area contributed by atoms with Gasteiger partial charge in [-0.15, -0.1) is 0 Å². The number of nitrogens with zero attached hydrogens (tertiary/aromatic N) is 1. The molecule has 1 fully saturated rings. The van der Waals surface area contributed by atoms with Gasteiger partial charge in [-0.25, -0.2) is 0 Å². The van der Waals surface area contributed by atoms with Crippen LogP contribution in [0.15, 0.2) is 0 Å². The predicted octanol–water partition coefficient (Wildman–Crippen LogP) is 0.788. The SMILES string of the molecule is CC1C(=O)N(C(C)CCCO)C(=O)C1C. The van der Waals surface area contributed by atoms with E-state index in [1.165, 1.54) is 4.90 Å². The summed E-state index contributed by atoms with van der Waals surface area (Å²) in [5.41, 5.74) is 0. The average molecular weight is 213 g/mol. The molecule has 4 heteroatoms. The molecule has 3 atom stereocenters. The number of aliphatic hydroxyl groups is 1. The molecule has 0 spiro atoms. The fourth-order valence-corrected chi connectivity index (χ4v) is 1.93. The monoisotopic (exact) mass is 213 g/mol. The second kappa shape index (κ2) is 4.75. The zero-order valence-corrected chi connectivity index (χ0v) is 9.56. The first-order valence-electron chi connectivity index (χ1n) is 5.48. The molecule has 1 N–H and O–H groups in total. The van der Waals surface area contributed by atoms with E-state index in [9.17, 15) is 9.59 Å². The molecule has 0 bridgehead atoms. The van der Waals surface area contributed by atoms with Crippen molar-refractivity contribution in [1.29, 1.82) is 0 Å². The van der Waals surface area contributed by atoms with Crippen LogP contribution in [0.3, 0.4) is 0 Å². The van der Waals surface area contributed by atoms with E-state index in [1.54, 1.807) is 13.8 Å². The molecule has 0 aliphatic carbocycles. The van der Waals surface area contributed by atoms with Gasteiger partial charge in [0.05, 0.1) is 0 Å². The molecule has 15 heavy (non-hydrogen) atoms. The molecule has 1 rings (SSSR count). The topological polar surface area (TPSA) is 57.6 Å². The number of amides is 2. The summed E-state index contributed by atoms with van der Waals surface area (Å²) in [6.07, 6.45) is 1.30. The summed E-state index contributed by atoms with van der Waals surface area (Å²) in [5.74, 6) is -0.543. The summed E-state index contributed by atoms with van der Waals surface area (Å²) in [6, 6.07) is -0.0930. The number of imide groups is 1. The Morgan fingerprint density at radius 1 is 1.27 bits per heavy atom. The molecule has 1 aliphatic heterocycles. The molecule has 4 nitrogen and oxygen atoms in total. The molecule has 3 unspecified atom stereocenters. The highest BCUT2D eigenvalue weighted by molar-refractivity contribution is 6.04. The first-order chi connectivity index (χ1) is 7.00. The summed E-state index contributed by atoms with van der Waals surface area (Å²) in [7, 11) is 0. The second-order valence-electron chi connectivity index (χ2n) is 4.34. The maximum atomic E-state index is 11.8. The van der Waals surface area contributed by atoms with Gasteiger partial charge >= 0.3 is 0 Å². The van der Waals surface area contributed by atoms with Gasteiger partial charge in [0.2, 0.25) is 11.8 Å². The minimum atomic E-state index is -0.200. The molecule has 0 aromatic rings. The van der Waals surface area contributed by atoms with Crippen molar-refractivity contribution in [1.82, 2.24) is 4.90 Å². The first kappa shape index (κ1) is 12.2. The van der Waals surface area contributed by atoms with Crippen LogP contribution in [-0.4, -0.2) is 34.5 Å². The van der Waals surface area contributed by atoms with Crippen LogP contribution in [0.2, 0.25) is 0 Å². The van der Waals surface area contributed by atoms with Gasteiger partial charge in [-0.2, -0.15) is 0 Å². The Bertz CT molecular complexity index is 245. The average Bonchev–Trinajstić information content (AvgIpc) is 2.40. The molecule has 0 saturated carbocycles. The predicted molar refractivity (Wildman–Crippen MR) is 56.0 cm³/mol. The largest absolute Gasteiger partial charge is 0.396 e. The van der Waals surface area contributed by atoms with Crippen molar-refractivity contribution in [2.75, 3.05) is 6.61 Å². The van der Waals surface area contributed by atoms with Gasteiger partial charge in [0, 0.05) is 24.5 Å². The van der Waals surface area contributed by atoms with Crippen molar-refractivity contribution >= 4 is 11.8 Å². The maximum absolute atomic E-state index is 11.8. The van der Waals surface area contributed by atoms with Crippen LogP contribution < -0.4 is 0 Å². The first-order valence-corrected chi connectivity index (χ1v) is 5.48. The second-order valence-corrected chi connectivity index (χ2v) is 4.34. The van der Waals surface area contributed by atoms with Crippen LogP contribution >= 0.6 is 0 Å². The van der Waals surface area contributed by atoms with Gasteiger partial charge in [-0.05, 0) is 19.8 Å². The fraction of sp³-hybridized carbons (Fsp3) is 0.818. The van der Waals surface area contributed by atoms with Crippen molar-refractivity contribution in [3.05, 3.63) is 0 Å². The molecular formula is C11H19NO3. The van der Waals surface area contributed by atoms with Gasteiger partial charge in [0.25, 0.3) is 0 Å². The smallest absolute Gasteiger partial charge is 0.233 e. The van der Waals surface area contributed by atoms with E-state index in [2.05, 4.69) is 0 Å². The summed E-state index contributed by atoms with van der Waals surface area (Å²) in [6.45, 7) is 5.55. The minimum Gasteiger partial charge on any atom is -0.396 e. The molecule has 0 aromatic heterocycles. The van der Waals surface area contributed by atoms with E-state index in [0.717, 1.165) is 0 Å². The van der Waals surface area contributed by atoms with Crippen molar-refractivity contribution < 1.29 is 14.7 Å². The Hall–Kier alpha value is -0.900. The van der Waals surface area contributed by atoms with Crippen molar-refractivity contribution in [3.63, 3.8) is 0 Å². The zero-order valence-electron chi connectivity index (χ0n) is 9.56. The Kier molecular flexibility index (Phi) is 3.85. The maximum Gasteiger partial charge on any atom is 0.233 e. The van der Waals surface area contributed by atoms with E-state index in [-0.39, 0.29) is 36.3 Å². The van der Waals surface area contributed by atoms with Crippen LogP contribution in [0.1, 0.15) is 33.6 Å². The third-order valence-corrected chi connectivity index (χ3v) is 3.22. The van der Waals surface area contributed by atoms with Gasteiger partial charge in [-0.3, -0.25) is 14.5 Å². The molecule has 86 valence electrons. The highest BCUT2D eigenvalue weighted by atomic mass is 16.3. The quantitative estimate of drug-likeness (QED) is 0.702. The number of carbonyl (C=O) groups is 2. The van der Waals surface area contributed by atoms with Crippen LogP contribution in [0.25, 0.3) is 0 Å². The van der Waals surface area contributed by atoms with E-state index in [1.807, 2.05) is 6.92 Å². The van der Waals surface area contributed by atoms with Gasteiger partial charge in [0.1, 0.15) is 0 Å². The van der Waals surface area contributed by atoms with Gasteiger partial charge in [-0.1, -0.05) is 13.8 Å². The zero-order chi connectivity index (χ0) is 11.6. The van der Waals surface area contributed by atoms with Gasteiger partial charge in [0.15, 0.2) is 0 Å². The summed E-state index contributed by atoms with van der Waals surface area (Å²) in [5, 5.41) is 8.71. The van der Waals surface area contributed by atoms with Crippen LogP contribution in [0.5, 0.6) is 0 Å². The summed E-state index contributed by atoms with van der Waals surface area (Å²) < 4.78 is 0. The van der Waals surface area contributed by atoms with Crippen LogP contribution in [-0.2, 0) is 9.59 Å². The molecule has 2 amide bonds. The van der Waals surface area contributed by atoms with E-state index in [4.69, 9.17) is 5.11 Å². The Labute approximate surface area is 90.3 Å². The Morgan fingerprint density at radius 2 is 1.73 bits per heavy atom. The standard InChI is InChI=1S/C11H19NO3/c1-7(5-4-6-13)12-10(14)8(2)9(3)11(12)15/h7-9,13H,4-6H2,1-3H3. The normalized spacial score (nSPS) is 28.7. The number of rotatable bonds is 4. The molecule has 1 saturated heterocycles. The third kappa shape index (κ3) is 2.20. The number of carbonyl (C=O) groups excluding carboxylic acids is 2. The molecule has 1 heterocycles. The molecule has 1 aliphatic rings. The highest BCUT2D eigenvalue weighted by Crippen LogP contribution is 2.28. The van der Waals surface area contributed by atoms with Crippen molar-refractivity contribution in [2.24, 2.45) is 11.8 Å². The number of hydrogen-bond acceptors (Lipinski definition) is 3. The number of likely N-dealkylation sites (tertiary alicyclic amines) is 1. The minimum absolute atomic E-state index is 0.0714. The van der Waals surface area contributed by atoms with Crippen molar-refractivity contribution in [2.45, 2.75) is 39.7 Å². The lowest BCUT2D eigenvalue weighted by atomic mass is 10.00. The number of hydrogen-bond donors (Lipinski definition) is 1. The van der Waals surface area contributed by atoms with Crippen LogP contribution in [0.4, 0.5) is 0 Å². The fourth-order valence-electron chi connectivity index (χ4n) is 1.93. The molecular weight excluding hydrogens is 194 g/mol. The Balaban J connectivity index is 2.69. The third-order valence-electron chi connectivity index (χ3n) is 3.22. The number of aliphatic hydroxyl groups excluding tert-OH is 1. The lowest BCUT2D eigenvalue weighted by Gasteiger charge is -2.22. The van der Waals surface area contributed by atoms with Crippen molar-refractivity contribution in [3.8, 4) is 0 Å². The van der Waals surface area contributed by atoms with E-state index < -0.39 is 0 Å². The lowest BCUT2D eigenvalue weighted by molar-refractivity contribution is -0.142. The molecule has 0 aromatic carbocycles. The van der Waals surface area contributed by atoms with Gasteiger partial charge < -0.3 is 5.11 Å². The Morgan fingerprint density at radius 3 is 2.13 bits per heavy atom. The molecule has 0 radical (unpaired) electrons. The van der Waals surface area contributed by atoms with E-state index >= 15 is 0 Å². The van der Waals surface area contributed by atoms with Crippen LogP contribution in [0, 0.1) is 11.8 Å². The lowest BCUT2D eigenvalue weighted by Crippen LogP contribution is -2.38. The van der Waals surface area contributed by atoms with E-state index in [0.29, 0.717) is 12.8 Å². The summed E-state index contributed by atoms with van der Waals surface area (Å²) >= 11 is 0. The highest BCUT2D eigenvalue weighted by Gasteiger charge is 2.43. The summed E-state index contributed by atoms with van der Waals surface area (Å²) in [4.78, 5) is 24.9.